The number of anilines is 2. The summed E-state index contributed by atoms with van der Waals surface area (Å²) in [7, 11) is 1.64. The molecule has 1 aliphatic carbocycles. The minimum absolute atomic E-state index is 0. The van der Waals surface area contributed by atoms with E-state index in [1.165, 1.54) is 0 Å². The summed E-state index contributed by atoms with van der Waals surface area (Å²) in [5.74, 6) is 2.31. The highest BCUT2D eigenvalue weighted by Gasteiger charge is 2.45. The molecule has 2 N–H and O–H groups in total. The van der Waals surface area contributed by atoms with E-state index in [-0.39, 0.29) is 18.5 Å². The second kappa shape index (κ2) is 9.95. The SMILES string of the molecule is COc1ccc(CNc2nnc(N3CCC4(CC3)CC(O)C4)c3ccc(C#N)cc23)cc1Br.Cl. The van der Waals surface area contributed by atoms with Crippen molar-refractivity contribution in [2.24, 2.45) is 5.41 Å². The highest BCUT2D eigenvalue weighted by molar-refractivity contribution is 9.10. The van der Waals surface area contributed by atoms with E-state index in [1.54, 1.807) is 7.11 Å². The molecule has 0 bridgehead atoms. The van der Waals surface area contributed by atoms with Gasteiger partial charge in [0.25, 0.3) is 0 Å². The first-order chi connectivity index (χ1) is 16.0. The number of aromatic nitrogens is 2. The number of fused-ring (bicyclic) bond motifs is 1. The Balaban J connectivity index is 0.00000274. The van der Waals surface area contributed by atoms with Crippen LogP contribution >= 0.6 is 28.3 Å². The van der Waals surface area contributed by atoms with E-state index in [9.17, 15) is 10.4 Å². The zero-order valence-corrected chi connectivity index (χ0v) is 21.3. The number of ether oxygens (including phenoxy) is 1. The number of piperidine rings is 1. The quantitative estimate of drug-likeness (QED) is 0.464. The number of methoxy groups -OCH3 is 1. The molecule has 7 nitrogen and oxygen atoms in total. The molecule has 0 amide bonds. The minimum Gasteiger partial charge on any atom is -0.496 e. The fraction of sp³-hybridized carbons (Fsp3) is 0.400. The Hall–Kier alpha value is -2.60. The van der Waals surface area contributed by atoms with Gasteiger partial charge in [0.05, 0.1) is 29.3 Å². The molecule has 178 valence electrons. The Morgan fingerprint density at radius 2 is 1.94 bits per heavy atom. The molecule has 3 aromatic rings. The Kier molecular flexibility index (Phi) is 7.17. The number of hydrogen-bond acceptors (Lipinski definition) is 7. The molecule has 0 atom stereocenters. The van der Waals surface area contributed by atoms with Crippen LogP contribution < -0.4 is 15.0 Å². The first kappa shape index (κ1) is 24.5. The van der Waals surface area contributed by atoms with E-state index in [4.69, 9.17) is 4.74 Å². The molecule has 1 saturated carbocycles. The molecular formula is C25H27BrClN5O2. The third-order valence-corrected chi connectivity index (χ3v) is 7.65. The summed E-state index contributed by atoms with van der Waals surface area (Å²) in [5.41, 5.74) is 1.97. The predicted octanol–water partition coefficient (Wildman–Crippen LogP) is 5.05. The molecule has 34 heavy (non-hydrogen) atoms. The van der Waals surface area contributed by atoms with Crippen molar-refractivity contribution in [2.45, 2.75) is 38.3 Å². The largest absolute Gasteiger partial charge is 0.496 e. The zero-order valence-electron chi connectivity index (χ0n) is 18.9. The van der Waals surface area contributed by atoms with Gasteiger partial charge in [0, 0.05) is 30.4 Å². The molecule has 2 aromatic carbocycles. The van der Waals surface area contributed by atoms with Crippen LogP contribution in [0.25, 0.3) is 10.8 Å². The zero-order chi connectivity index (χ0) is 23.0. The van der Waals surface area contributed by atoms with Crippen LogP contribution in [0.3, 0.4) is 0 Å². The van der Waals surface area contributed by atoms with Gasteiger partial charge in [-0.15, -0.1) is 22.6 Å². The number of aliphatic hydroxyl groups excluding tert-OH is 1. The molecular weight excluding hydrogens is 518 g/mol. The molecule has 1 spiro atoms. The second-order valence-electron chi connectivity index (χ2n) is 9.12. The molecule has 1 aliphatic heterocycles. The van der Waals surface area contributed by atoms with E-state index in [0.717, 1.165) is 71.1 Å². The van der Waals surface area contributed by atoms with Crippen molar-refractivity contribution in [2.75, 3.05) is 30.4 Å². The molecule has 2 fully saturated rings. The lowest BCUT2D eigenvalue weighted by atomic mass is 9.61. The van der Waals surface area contributed by atoms with Gasteiger partial charge in [0.1, 0.15) is 5.75 Å². The van der Waals surface area contributed by atoms with Crippen molar-refractivity contribution in [1.29, 1.82) is 5.26 Å². The molecule has 0 unspecified atom stereocenters. The van der Waals surface area contributed by atoms with Crippen molar-refractivity contribution >= 4 is 50.7 Å². The number of halogens is 2. The smallest absolute Gasteiger partial charge is 0.159 e. The van der Waals surface area contributed by atoms with Gasteiger partial charge in [-0.2, -0.15) is 5.26 Å². The topological polar surface area (TPSA) is 94.3 Å². The van der Waals surface area contributed by atoms with Crippen molar-refractivity contribution in [3.05, 3.63) is 52.0 Å². The second-order valence-corrected chi connectivity index (χ2v) is 9.97. The molecule has 2 aliphatic rings. The van der Waals surface area contributed by atoms with E-state index < -0.39 is 0 Å². The van der Waals surface area contributed by atoms with Crippen molar-refractivity contribution < 1.29 is 9.84 Å². The summed E-state index contributed by atoms with van der Waals surface area (Å²) in [6.07, 6.45) is 3.84. The van der Waals surface area contributed by atoms with Crippen LogP contribution in [0.1, 0.15) is 36.8 Å². The molecule has 2 heterocycles. The molecule has 0 radical (unpaired) electrons. The van der Waals surface area contributed by atoms with Crippen LogP contribution in [-0.2, 0) is 6.54 Å². The highest BCUT2D eigenvalue weighted by Crippen LogP contribution is 2.49. The van der Waals surface area contributed by atoms with Crippen molar-refractivity contribution in [3.63, 3.8) is 0 Å². The molecule has 5 rings (SSSR count). The summed E-state index contributed by atoms with van der Waals surface area (Å²) in [4.78, 5) is 2.29. The van der Waals surface area contributed by atoms with Crippen LogP contribution in [0.5, 0.6) is 5.75 Å². The number of benzene rings is 2. The number of rotatable bonds is 5. The van der Waals surface area contributed by atoms with Crippen LogP contribution in [0, 0.1) is 16.7 Å². The van der Waals surface area contributed by atoms with E-state index >= 15 is 0 Å². The standard InChI is InChI=1S/C25H26BrN5O2.ClH/c1-33-22-5-3-17(11-21(22)26)15-28-23-20-10-16(14-27)2-4-19(20)24(30-29-23)31-8-6-25(7-9-31)12-18(32)13-25;/h2-5,10-11,18,32H,6-9,12-13,15H2,1H3,(H,28,29);1H. The Labute approximate surface area is 213 Å². The minimum atomic E-state index is -0.127. The fourth-order valence-electron chi connectivity index (χ4n) is 5.12. The fourth-order valence-corrected chi connectivity index (χ4v) is 5.71. The Morgan fingerprint density at radius 3 is 2.59 bits per heavy atom. The Bertz CT molecular complexity index is 1230. The van der Waals surface area contributed by atoms with Gasteiger partial charge in [-0.1, -0.05) is 6.07 Å². The third kappa shape index (κ3) is 4.65. The normalized spacial score (nSPS) is 17.1. The van der Waals surface area contributed by atoms with Crippen LogP contribution in [-0.4, -0.2) is 41.6 Å². The lowest BCUT2D eigenvalue weighted by Gasteiger charge is -2.50. The monoisotopic (exact) mass is 543 g/mol. The summed E-state index contributed by atoms with van der Waals surface area (Å²) in [5, 5.41) is 33.6. The van der Waals surface area contributed by atoms with E-state index in [0.29, 0.717) is 23.3 Å². The average Bonchev–Trinajstić information content (AvgIpc) is 2.82. The molecule has 1 saturated heterocycles. The molecule has 1 aromatic heterocycles. The summed E-state index contributed by atoms with van der Waals surface area (Å²) in [6.45, 7) is 2.38. The van der Waals surface area contributed by atoms with E-state index in [1.807, 2.05) is 36.4 Å². The number of aliphatic hydroxyl groups is 1. The van der Waals surface area contributed by atoms with Crippen LogP contribution in [0.15, 0.2) is 40.9 Å². The van der Waals surface area contributed by atoms with Gasteiger partial charge in [0.15, 0.2) is 11.6 Å². The van der Waals surface area contributed by atoms with E-state index in [2.05, 4.69) is 42.4 Å². The predicted molar refractivity (Wildman–Crippen MR) is 139 cm³/mol. The van der Waals surface area contributed by atoms with Gasteiger partial charge in [-0.3, -0.25) is 0 Å². The maximum absolute atomic E-state index is 9.77. The highest BCUT2D eigenvalue weighted by atomic mass is 79.9. The van der Waals surface area contributed by atoms with Gasteiger partial charge in [0.2, 0.25) is 0 Å². The maximum Gasteiger partial charge on any atom is 0.159 e. The number of nitrogens with zero attached hydrogens (tertiary/aromatic N) is 4. The van der Waals surface area contributed by atoms with Gasteiger partial charge in [-0.05, 0) is 82.9 Å². The van der Waals surface area contributed by atoms with Crippen molar-refractivity contribution in [3.8, 4) is 11.8 Å². The number of nitriles is 1. The number of hydrogen-bond donors (Lipinski definition) is 2. The van der Waals surface area contributed by atoms with Gasteiger partial charge >= 0.3 is 0 Å². The third-order valence-electron chi connectivity index (χ3n) is 7.03. The average molecular weight is 545 g/mol. The summed E-state index contributed by atoms with van der Waals surface area (Å²) < 4.78 is 6.20. The van der Waals surface area contributed by atoms with Crippen molar-refractivity contribution in [1.82, 2.24) is 10.2 Å². The maximum atomic E-state index is 9.77. The Morgan fingerprint density at radius 1 is 1.18 bits per heavy atom. The number of nitrogens with one attached hydrogen (secondary N) is 1. The van der Waals surface area contributed by atoms with Gasteiger partial charge < -0.3 is 20.1 Å². The van der Waals surface area contributed by atoms with Gasteiger partial charge in [-0.25, -0.2) is 0 Å². The lowest BCUT2D eigenvalue weighted by molar-refractivity contribution is -0.0464. The van der Waals surface area contributed by atoms with Crippen LogP contribution in [0.2, 0.25) is 0 Å². The first-order valence-corrected chi connectivity index (χ1v) is 12.0. The summed E-state index contributed by atoms with van der Waals surface area (Å²) >= 11 is 3.53. The summed E-state index contributed by atoms with van der Waals surface area (Å²) in [6, 6.07) is 13.9. The first-order valence-electron chi connectivity index (χ1n) is 11.2. The molecule has 9 heteroatoms. The lowest BCUT2D eigenvalue weighted by Crippen LogP contribution is -2.49. The van der Waals surface area contributed by atoms with Crippen LogP contribution in [0.4, 0.5) is 11.6 Å².